The van der Waals surface area contributed by atoms with E-state index in [0.29, 0.717) is 32.0 Å². The van der Waals surface area contributed by atoms with Crippen molar-refractivity contribution in [2.75, 3.05) is 0 Å². The molecule has 0 unspecified atom stereocenters. The maximum absolute atomic E-state index is 11.3. The number of aromatic nitrogens is 4. The summed E-state index contributed by atoms with van der Waals surface area (Å²) in [6.07, 6.45) is 0. The lowest BCUT2D eigenvalue weighted by Gasteiger charge is -2.20. The SMILES string of the molecule is CC(C)(C)c1nnc(-c2nn(-c3ccc(Cl)cc3Cl)c(-c3ccc(Br)cc3)c2C(C)(C)O)s1. The van der Waals surface area contributed by atoms with Crippen molar-refractivity contribution in [1.29, 1.82) is 0 Å². The summed E-state index contributed by atoms with van der Waals surface area (Å²) in [6, 6.07) is 13.1. The summed E-state index contributed by atoms with van der Waals surface area (Å²) < 4.78 is 2.70. The zero-order chi connectivity index (χ0) is 24.1. The zero-order valence-electron chi connectivity index (χ0n) is 18.8. The van der Waals surface area contributed by atoms with Gasteiger partial charge in [-0.3, -0.25) is 0 Å². The van der Waals surface area contributed by atoms with E-state index < -0.39 is 5.60 Å². The summed E-state index contributed by atoms with van der Waals surface area (Å²) in [5, 5.41) is 27.6. The van der Waals surface area contributed by atoms with Gasteiger partial charge in [-0.15, -0.1) is 10.2 Å². The lowest BCUT2D eigenvalue weighted by atomic mass is 9.92. The van der Waals surface area contributed by atoms with Crippen LogP contribution in [0.15, 0.2) is 46.9 Å². The van der Waals surface area contributed by atoms with Crippen molar-refractivity contribution >= 4 is 50.5 Å². The number of benzene rings is 2. The van der Waals surface area contributed by atoms with Gasteiger partial charge >= 0.3 is 0 Å². The smallest absolute Gasteiger partial charge is 0.168 e. The topological polar surface area (TPSA) is 63.8 Å². The van der Waals surface area contributed by atoms with Crippen LogP contribution in [0.1, 0.15) is 45.2 Å². The van der Waals surface area contributed by atoms with Crippen molar-refractivity contribution in [1.82, 2.24) is 20.0 Å². The van der Waals surface area contributed by atoms with E-state index in [-0.39, 0.29) is 5.41 Å². The number of hydrogen-bond acceptors (Lipinski definition) is 5. The molecule has 4 rings (SSSR count). The van der Waals surface area contributed by atoms with Crippen molar-refractivity contribution in [3.8, 4) is 27.6 Å². The van der Waals surface area contributed by atoms with E-state index in [2.05, 4.69) is 46.9 Å². The molecule has 5 nitrogen and oxygen atoms in total. The average Bonchev–Trinajstić information content (AvgIpc) is 3.33. The molecular formula is C24H23BrCl2N4OS. The predicted molar refractivity (Wildman–Crippen MR) is 140 cm³/mol. The first kappa shape index (κ1) is 24.4. The van der Waals surface area contributed by atoms with Crippen LogP contribution in [0.2, 0.25) is 10.0 Å². The van der Waals surface area contributed by atoms with Crippen molar-refractivity contribution in [3.05, 3.63) is 67.6 Å². The minimum atomic E-state index is -1.22. The second-order valence-electron chi connectivity index (χ2n) is 9.31. The molecule has 1 N–H and O–H groups in total. The molecule has 0 saturated carbocycles. The Kier molecular flexibility index (Phi) is 6.48. The van der Waals surface area contributed by atoms with Gasteiger partial charge in [0.05, 0.1) is 22.0 Å². The normalized spacial score (nSPS) is 12.4. The first-order chi connectivity index (χ1) is 15.4. The minimum Gasteiger partial charge on any atom is -0.386 e. The molecule has 0 aliphatic rings. The highest BCUT2D eigenvalue weighted by atomic mass is 79.9. The molecule has 2 aromatic heterocycles. The molecule has 0 aliphatic carbocycles. The molecule has 0 fully saturated rings. The molecule has 9 heteroatoms. The molecule has 0 aliphatic heterocycles. The maximum Gasteiger partial charge on any atom is 0.168 e. The van der Waals surface area contributed by atoms with Gasteiger partial charge in [0.15, 0.2) is 5.01 Å². The van der Waals surface area contributed by atoms with Gasteiger partial charge in [0.1, 0.15) is 10.7 Å². The van der Waals surface area contributed by atoms with Crippen LogP contribution >= 0.6 is 50.5 Å². The zero-order valence-corrected chi connectivity index (χ0v) is 22.7. The number of hydrogen-bond donors (Lipinski definition) is 1. The molecule has 4 aromatic rings. The average molecular weight is 566 g/mol. The fourth-order valence-electron chi connectivity index (χ4n) is 3.47. The summed E-state index contributed by atoms with van der Waals surface area (Å²) in [5.74, 6) is 0. The van der Waals surface area contributed by atoms with Crippen LogP contribution in [0.3, 0.4) is 0 Å². The van der Waals surface area contributed by atoms with Crippen LogP contribution in [0.4, 0.5) is 0 Å². The lowest BCUT2D eigenvalue weighted by Crippen LogP contribution is -2.17. The van der Waals surface area contributed by atoms with E-state index in [9.17, 15) is 5.11 Å². The first-order valence-corrected chi connectivity index (χ1v) is 12.6. The highest BCUT2D eigenvalue weighted by Gasteiger charge is 2.34. The molecule has 0 radical (unpaired) electrons. The largest absolute Gasteiger partial charge is 0.386 e. The monoisotopic (exact) mass is 564 g/mol. The third-order valence-corrected chi connectivity index (χ3v) is 7.44. The molecule has 0 saturated heterocycles. The van der Waals surface area contributed by atoms with Crippen molar-refractivity contribution in [3.63, 3.8) is 0 Å². The standard InChI is InChI=1S/C24H23BrCl2N4OS/c1-23(2,3)22-29-28-21(33-22)19-18(24(4,5)32)20(13-6-8-14(25)9-7-13)31(30-19)17-11-10-15(26)12-16(17)27/h6-12,32H,1-5H3. The lowest BCUT2D eigenvalue weighted by molar-refractivity contribution is 0.0797. The minimum absolute atomic E-state index is 0.151. The maximum atomic E-state index is 11.3. The number of rotatable bonds is 4. The summed E-state index contributed by atoms with van der Waals surface area (Å²) in [6.45, 7) is 9.76. The van der Waals surface area contributed by atoms with E-state index in [1.807, 2.05) is 30.3 Å². The summed E-state index contributed by atoms with van der Waals surface area (Å²) >= 11 is 17.7. The molecule has 2 heterocycles. The second-order valence-corrected chi connectivity index (χ2v) is 12.0. The fourth-order valence-corrected chi connectivity index (χ4v) is 5.12. The van der Waals surface area contributed by atoms with Crippen molar-refractivity contribution in [2.24, 2.45) is 0 Å². The van der Waals surface area contributed by atoms with Gasteiger partial charge in [-0.05, 0) is 44.2 Å². The Bertz CT molecular complexity index is 1320. The van der Waals surface area contributed by atoms with Crippen LogP contribution in [-0.2, 0) is 11.0 Å². The van der Waals surface area contributed by atoms with Crippen LogP contribution < -0.4 is 0 Å². The summed E-state index contributed by atoms with van der Waals surface area (Å²) in [4.78, 5) is 0. The van der Waals surface area contributed by atoms with E-state index in [1.165, 1.54) is 11.3 Å². The van der Waals surface area contributed by atoms with Gasteiger partial charge in [0, 0.05) is 26.0 Å². The Morgan fingerprint density at radius 1 is 0.970 bits per heavy atom. The van der Waals surface area contributed by atoms with Gasteiger partial charge < -0.3 is 5.11 Å². The van der Waals surface area contributed by atoms with Gasteiger partial charge in [0.25, 0.3) is 0 Å². The summed E-state index contributed by atoms with van der Waals surface area (Å²) in [7, 11) is 0. The predicted octanol–water partition coefficient (Wildman–Crippen LogP) is 7.65. The van der Waals surface area contributed by atoms with E-state index >= 15 is 0 Å². The second kappa shape index (κ2) is 8.78. The first-order valence-electron chi connectivity index (χ1n) is 10.3. The van der Waals surface area contributed by atoms with Gasteiger partial charge in [-0.25, -0.2) is 4.68 Å². The van der Waals surface area contributed by atoms with Crippen molar-refractivity contribution < 1.29 is 5.11 Å². The molecule has 0 amide bonds. The molecule has 172 valence electrons. The number of halogens is 3. The highest BCUT2D eigenvalue weighted by molar-refractivity contribution is 9.10. The van der Waals surface area contributed by atoms with E-state index in [0.717, 1.165) is 20.7 Å². The third kappa shape index (κ3) is 4.88. The van der Waals surface area contributed by atoms with Crippen LogP contribution in [-0.4, -0.2) is 25.1 Å². The Morgan fingerprint density at radius 3 is 2.18 bits per heavy atom. The molecule has 0 spiro atoms. The van der Waals surface area contributed by atoms with Gasteiger partial charge in [-0.1, -0.05) is 83.4 Å². The molecule has 0 bridgehead atoms. The van der Waals surface area contributed by atoms with Gasteiger partial charge in [0.2, 0.25) is 0 Å². The Labute approximate surface area is 215 Å². The molecule has 0 atom stereocenters. The Hall–Kier alpha value is -1.77. The van der Waals surface area contributed by atoms with Crippen LogP contribution in [0.25, 0.3) is 27.6 Å². The third-order valence-electron chi connectivity index (χ3n) is 5.02. The van der Waals surface area contributed by atoms with Crippen molar-refractivity contribution in [2.45, 2.75) is 45.6 Å². The number of aliphatic hydroxyl groups is 1. The number of nitrogens with zero attached hydrogens (tertiary/aromatic N) is 4. The molecule has 33 heavy (non-hydrogen) atoms. The Morgan fingerprint density at radius 2 is 1.64 bits per heavy atom. The fraction of sp³-hybridized carbons (Fsp3) is 0.292. The Balaban J connectivity index is 2.08. The summed E-state index contributed by atoms with van der Waals surface area (Å²) in [5.41, 5.74) is 2.09. The van der Waals surface area contributed by atoms with E-state index in [1.54, 1.807) is 30.7 Å². The molecule has 2 aromatic carbocycles. The highest BCUT2D eigenvalue weighted by Crippen LogP contribution is 2.43. The molecular weight excluding hydrogens is 543 g/mol. The van der Waals surface area contributed by atoms with Crippen LogP contribution in [0.5, 0.6) is 0 Å². The van der Waals surface area contributed by atoms with Crippen LogP contribution in [0, 0.1) is 0 Å². The van der Waals surface area contributed by atoms with E-state index in [4.69, 9.17) is 28.3 Å². The van der Waals surface area contributed by atoms with Gasteiger partial charge in [-0.2, -0.15) is 5.10 Å². The quantitative estimate of drug-likeness (QED) is 0.276.